The second-order valence-corrected chi connectivity index (χ2v) is 6.29. The Labute approximate surface area is 160 Å². The normalized spacial score (nSPS) is 11.1. The number of nitrogens with zero attached hydrogens (tertiary/aromatic N) is 3. The molecule has 0 fully saturated rings. The monoisotopic (exact) mass is 407 g/mol. The first-order chi connectivity index (χ1) is 13.2. The molecule has 0 atom stereocenters. The number of carbonyl (C=O) groups excluding carboxylic acids is 2. The summed E-state index contributed by atoms with van der Waals surface area (Å²) in [4.78, 5) is 27.2. The molecule has 1 aromatic carbocycles. The van der Waals surface area contributed by atoms with Crippen molar-refractivity contribution in [1.82, 2.24) is 15.2 Å². The fourth-order valence-electron chi connectivity index (χ4n) is 2.28. The number of alkyl halides is 3. The van der Waals surface area contributed by atoms with Crippen molar-refractivity contribution >= 4 is 34.7 Å². The summed E-state index contributed by atoms with van der Waals surface area (Å²) in [6.07, 6.45) is -4.55. The van der Waals surface area contributed by atoms with E-state index in [1.54, 1.807) is 5.38 Å². The van der Waals surface area contributed by atoms with Gasteiger partial charge in [0.2, 0.25) is 5.91 Å². The molecule has 0 bridgehead atoms. The molecule has 2 N–H and O–H groups in total. The van der Waals surface area contributed by atoms with Gasteiger partial charge in [0.15, 0.2) is 5.82 Å². The summed E-state index contributed by atoms with van der Waals surface area (Å²) in [6, 6.07) is 5.83. The number of thiazole rings is 1. The molecule has 144 valence electrons. The second kappa shape index (κ2) is 7.72. The van der Waals surface area contributed by atoms with Crippen molar-refractivity contribution in [2.24, 2.45) is 0 Å². The minimum atomic E-state index is -4.55. The van der Waals surface area contributed by atoms with Gasteiger partial charge >= 0.3 is 6.18 Å². The lowest BCUT2D eigenvalue weighted by molar-refractivity contribution is -0.137. The van der Waals surface area contributed by atoms with Gasteiger partial charge in [-0.2, -0.15) is 13.2 Å². The fourth-order valence-corrected chi connectivity index (χ4v) is 2.82. The van der Waals surface area contributed by atoms with Crippen LogP contribution in [0.4, 0.5) is 24.7 Å². The van der Waals surface area contributed by atoms with Crippen LogP contribution in [0.3, 0.4) is 0 Å². The molecule has 0 aliphatic rings. The minimum absolute atomic E-state index is 0.0455. The van der Waals surface area contributed by atoms with E-state index in [0.29, 0.717) is 0 Å². The smallest absolute Gasteiger partial charge is 0.326 e. The van der Waals surface area contributed by atoms with Gasteiger partial charge in [-0.05, 0) is 24.3 Å². The Bertz CT molecular complexity index is 1000. The highest BCUT2D eigenvalue weighted by Crippen LogP contribution is 2.35. The minimum Gasteiger partial charge on any atom is -0.326 e. The molecular weight excluding hydrogens is 395 g/mol. The number of amides is 2. The van der Waals surface area contributed by atoms with E-state index in [2.05, 4.69) is 25.8 Å². The molecule has 3 aromatic rings. The number of anilines is 2. The zero-order valence-corrected chi connectivity index (χ0v) is 15.1. The Balaban J connectivity index is 1.88. The second-order valence-electron chi connectivity index (χ2n) is 5.57. The predicted molar refractivity (Wildman–Crippen MR) is 96.8 cm³/mol. The third-order valence-corrected chi connectivity index (χ3v) is 4.09. The molecule has 0 radical (unpaired) electrons. The number of rotatable bonds is 4. The molecule has 2 aromatic heterocycles. The molecule has 3 rings (SSSR count). The molecule has 7 nitrogen and oxygen atoms in total. The number of hydrogen-bond acceptors (Lipinski definition) is 6. The van der Waals surface area contributed by atoms with Gasteiger partial charge in [0, 0.05) is 17.9 Å². The summed E-state index contributed by atoms with van der Waals surface area (Å²) in [5.41, 5.74) is 1.28. The zero-order chi connectivity index (χ0) is 20.3. The van der Waals surface area contributed by atoms with E-state index in [1.807, 2.05) is 0 Å². The Morgan fingerprint density at radius 1 is 1.07 bits per heavy atom. The van der Waals surface area contributed by atoms with E-state index in [9.17, 15) is 22.8 Å². The zero-order valence-electron chi connectivity index (χ0n) is 14.2. The summed E-state index contributed by atoms with van der Waals surface area (Å²) in [5, 5.41) is 14.2. The average Bonchev–Trinajstić information content (AvgIpc) is 3.16. The lowest BCUT2D eigenvalue weighted by atomic mass is 10.1. The maximum absolute atomic E-state index is 12.9. The van der Waals surface area contributed by atoms with Crippen LogP contribution in [-0.2, 0) is 11.0 Å². The van der Waals surface area contributed by atoms with Crippen molar-refractivity contribution in [1.29, 1.82) is 0 Å². The van der Waals surface area contributed by atoms with Crippen molar-refractivity contribution in [2.75, 3.05) is 10.6 Å². The van der Waals surface area contributed by atoms with Crippen LogP contribution in [0, 0.1) is 0 Å². The standard InChI is InChI=1S/C17H12F3N5O2S/c1-9(26)22-13-6-10(17(18,19)20)2-3-11(13)12-4-5-15(25-24-12)23-16(27)14-7-28-8-21-14/h2-8H,1H3,(H,22,26)(H,23,25,27). The SMILES string of the molecule is CC(=O)Nc1cc(C(F)(F)F)ccc1-c1ccc(NC(=O)c2cscn2)nn1. The van der Waals surface area contributed by atoms with Crippen molar-refractivity contribution < 1.29 is 22.8 Å². The van der Waals surface area contributed by atoms with Crippen LogP contribution in [0.25, 0.3) is 11.3 Å². The molecule has 11 heteroatoms. The highest BCUT2D eigenvalue weighted by atomic mass is 32.1. The van der Waals surface area contributed by atoms with Gasteiger partial charge in [0.25, 0.3) is 5.91 Å². The molecule has 2 heterocycles. The Morgan fingerprint density at radius 2 is 1.86 bits per heavy atom. The Hall–Kier alpha value is -3.34. The largest absolute Gasteiger partial charge is 0.416 e. The summed E-state index contributed by atoms with van der Waals surface area (Å²) >= 11 is 1.26. The lowest BCUT2D eigenvalue weighted by Gasteiger charge is -2.13. The quantitative estimate of drug-likeness (QED) is 0.685. The van der Waals surface area contributed by atoms with E-state index < -0.39 is 23.6 Å². The number of carbonyl (C=O) groups is 2. The average molecular weight is 407 g/mol. The van der Waals surface area contributed by atoms with Crippen molar-refractivity contribution in [3.05, 3.63) is 52.5 Å². The van der Waals surface area contributed by atoms with E-state index in [1.165, 1.54) is 42.0 Å². The van der Waals surface area contributed by atoms with Gasteiger partial charge < -0.3 is 10.6 Å². The van der Waals surface area contributed by atoms with Crippen molar-refractivity contribution in [2.45, 2.75) is 13.1 Å². The van der Waals surface area contributed by atoms with Gasteiger partial charge in [-0.25, -0.2) is 4.98 Å². The molecule has 0 saturated carbocycles. The number of aromatic nitrogens is 3. The summed E-state index contributed by atoms with van der Waals surface area (Å²) in [7, 11) is 0. The van der Waals surface area contributed by atoms with Crippen LogP contribution in [-0.4, -0.2) is 27.0 Å². The molecule has 0 spiro atoms. The number of benzene rings is 1. The first kappa shape index (κ1) is 19.4. The Morgan fingerprint density at radius 3 is 2.43 bits per heavy atom. The van der Waals surface area contributed by atoms with Crippen LogP contribution < -0.4 is 10.6 Å². The highest BCUT2D eigenvalue weighted by molar-refractivity contribution is 7.07. The molecular formula is C17H12F3N5O2S. The fraction of sp³-hybridized carbons (Fsp3) is 0.118. The van der Waals surface area contributed by atoms with Crippen molar-refractivity contribution in [3.63, 3.8) is 0 Å². The number of hydrogen-bond donors (Lipinski definition) is 2. The van der Waals surface area contributed by atoms with Crippen LogP contribution in [0.15, 0.2) is 41.2 Å². The summed E-state index contributed by atoms with van der Waals surface area (Å²) in [6.45, 7) is 1.19. The van der Waals surface area contributed by atoms with Crippen LogP contribution in [0.5, 0.6) is 0 Å². The van der Waals surface area contributed by atoms with Gasteiger partial charge in [-0.1, -0.05) is 6.07 Å². The topological polar surface area (TPSA) is 96.9 Å². The van der Waals surface area contributed by atoms with Gasteiger partial charge in [0.1, 0.15) is 5.69 Å². The molecule has 28 heavy (non-hydrogen) atoms. The molecule has 0 aliphatic heterocycles. The molecule has 0 saturated heterocycles. The predicted octanol–water partition coefficient (Wildman–Crippen LogP) is 3.83. The van der Waals surface area contributed by atoms with E-state index in [-0.39, 0.29) is 28.5 Å². The first-order valence-electron chi connectivity index (χ1n) is 7.76. The number of nitrogens with one attached hydrogen (secondary N) is 2. The molecule has 2 amide bonds. The van der Waals surface area contributed by atoms with Gasteiger partial charge in [0.05, 0.1) is 22.5 Å². The molecule has 0 aliphatic carbocycles. The van der Waals surface area contributed by atoms with Crippen molar-refractivity contribution in [3.8, 4) is 11.3 Å². The lowest BCUT2D eigenvalue weighted by Crippen LogP contribution is -2.14. The maximum atomic E-state index is 12.9. The number of halogens is 3. The van der Waals surface area contributed by atoms with Crippen LogP contribution in [0.2, 0.25) is 0 Å². The summed E-state index contributed by atoms with van der Waals surface area (Å²) < 4.78 is 38.8. The van der Waals surface area contributed by atoms with E-state index in [0.717, 1.165) is 12.1 Å². The summed E-state index contributed by atoms with van der Waals surface area (Å²) in [5.74, 6) is -0.841. The van der Waals surface area contributed by atoms with Gasteiger partial charge in [-0.3, -0.25) is 9.59 Å². The van der Waals surface area contributed by atoms with Crippen LogP contribution in [0.1, 0.15) is 23.0 Å². The van der Waals surface area contributed by atoms with Gasteiger partial charge in [-0.15, -0.1) is 21.5 Å². The van der Waals surface area contributed by atoms with E-state index in [4.69, 9.17) is 0 Å². The maximum Gasteiger partial charge on any atom is 0.416 e. The third kappa shape index (κ3) is 4.49. The Kier molecular flexibility index (Phi) is 5.36. The highest BCUT2D eigenvalue weighted by Gasteiger charge is 2.31. The molecule has 0 unspecified atom stereocenters. The first-order valence-corrected chi connectivity index (χ1v) is 8.71. The third-order valence-electron chi connectivity index (χ3n) is 3.50. The van der Waals surface area contributed by atoms with E-state index >= 15 is 0 Å². The van der Waals surface area contributed by atoms with Crippen LogP contribution >= 0.6 is 11.3 Å².